The SMILES string of the molecule is CCCCOc1ccc(C(COC(C)C)NCC)cc1. The van der Waals surface area contributed by atoms with Crippen molar-refractivity contribution < 1.29 is 9.47 Å². The van der Waals surface area contributed by atoms with Gasteiger partial charge in [0.05, 0.1) is 25.4 Å². The second-order valence-electron chi connectivity index (χ2n) is 5.26. The first-order chi connectivity index (χ1) is 9.67. The zero-order valence-electron chi connectivity index (χ0n) is 13.3. The van der Waals surface area contributed by atoms with Crippen molar-refractivity contribution in [3.8, 4) is 5.75 Å². The molecule has 0 saturated carbocycles. The summed E-state index contributed by atoms with van der Waals surface area (Å²) in [6.07, 6.45) is 2.52. The number of likely N-dealkylation sites (N-methyl/N-ethyl adjacent to an activating group) is 1. The second kappa shape index (κ2) is 9.78. The predicted molar refractivity (Wildman–Crippen MR) is 84.4 cm³/mol. The zero-order valence-corrected chi connectivity index (χ0v) is 13.3. The molecule has 0 bridgehead atoms. The minimum Gasteiger partial charge on any atom is -0.494 e. The van der Waals surface area contributed by atoms with E-state index in [2.05, 4.69) is 45.1 Å². The Kier molecular flexibility index (Phi) is 8.31. The van der Waals surface area contributed by atoms with Gasteiger partial charge in [0.1, 0.15) is 5.75 Å². The van der Waals surface area contributed by atoms with Crippen LogP contribution in [0.2, 0.25) is 0 Å². The van der Waals surface area contributed by atoms with Gasteiger partial charge >= 0.3 is 0 Å². The first-order valence-corrected chi connectivity index (χ1v) is 7.75. The highest BCUT2D eigenvalue weighted by Gasteiger charge is 2.11. The van der Waals surface area contributed by atoms with E-state index >= 15 is 0 Å². The van der Waals surface area contributed by atoms with Gasteiger partial charge in [0.15, 0.2) is 0 Å². The van der Waals surface area contributed by atoms with Crippen molar-refractivity contribution in [2.75, 3.05) is 19.8 Å². The maximum atomic E-state index is 5.73. The van der Waals surface area contributed by atoms with Crippen molar-refractivity contribution in [1.82, 2.24) is 5.32 Å². The van der Waals surface area contributed by atoms with Crippen molar-refractivity contribution in [3.05, 3.63) is 29.8 Å². The summed E-state index contributed by atoms with van der Waals surface area (Å²) in [6.45, 7) is 10.8. The molecule has 0 spiro atoms. The van der Waals surface area contributed by atoms with E-state index < -0.39 is 0 Å². The van der Waals surface area contributed by atoms with Gasteiger partial charge in [-0.3, -0.25) is 0 Å². The maximum Gasteiger partial charge on any atom is 0.119 e. The summed E-state index contributed by atoms with van der Waals surface area (Å²) >= 11 is 0. The van der Waals surface area contributed by atoms with Crippen LogP contribution in [0.3, 0.4) is 0 Å². The Morgan fingerprint density at radius 1 is 1.10 bits per heavy atom. The van der Waals surface area contributed by atoms with Gasteiger partial charge in [0, 0.05) is 0 Å². The average Bonchev–Trinajstić information content (AvgIpc) is 2.44. The molecule has 1 atom stereocenters. The highest BCUT2D eigenvalue weighted by molar-refractivity contribution is 5.29. The van der Waals surface area contributed by atoms with Crippen LogP contribution in [0.5, 0.6) is 5.75 Å². The lowest BCUT2D eigenvalue weighted by Crippen LogP contribution is -2.26. The number of benzene rings is 1. The molecule has 0 aromatic heterocycles. The average molecular weight is 279 g/mol. The first kappa shape index (κ1) is 17.0. The molecule has 0 amide bonds. The van der Waals surface area contributed by atoms with Crippen LogP contribution in [0.15, 0.2) is 24.3 Å². The van der Waals surface area contributed by atoms with E-state index in [1.807, 2.05) is 12.1 Å². The summed E-state index contributed by atoms with van der Waals surface area (Å²) in [4.78, 5) is 0. The summed E-state index contributed by atoms with van der Waals surface area (Å²) in [7, 11) is 0. The molecule has 0 aliphatic heterocycles. The Morgan fingerprint density at radius 3 is 2.35 bits per heavy atom. The second-order valence-corrected chi connectivity index (χ2v) is 5.26. The number of nitrogens with one attached hydrogen (secondary N) is 1. The van der Waals surface area contributed by atoms with Crippen molar-refractivity contribution in [3.63, 3.8) is 0 Å². The Morgan fingerprint density at radius 2 is 1.80 bits per heavy atom. The summed E-state index contributed by atoms with van der Waals surface area (Å²) in [5.74, 6) is 0.947. The monoisotopic (exact) mass is 279 g/mol. The Labute approximate surface area is 123 Å². The summed E-state index contributed by atoms with van der Waals surface area (Å²) in [5.41, 5.74) is 1.25. The largest absolute Gasteiger partial charge is 0.494 e. The lowest BCUT2D eigenvalue weighted by molar-refractivity contribution is 0.0614. The van der Waals surface area contributed by atoms with Crippen molar-refractivity contribution in [1.29, 1.82) is 0 Å². The molecule has 0 aliphatic carbocycles. The first-order valence-electron chi connectivity index (χ1n) is 7.75. The molecule has 20 heavy (non-hydrogen) atoms. The van der Waals surface area contributed by atoms with Crippen molar-refractivity contribution >= 4 is 0 Å². The van der Waals surface area contributed by atoms with Crippen molar-refractivity contribution in [2.24, 2.45) is 0 Å². The van der Waals surface area contributed by atoms with Gasteiger partial charge in [0.25, 0.3) is 0 Å². The van der Waals surface area contributed by atoms with E-state index in [1.54, 1.807) is 0 Å². The summed E-state index contributed by atoms with van der Waals surface area (Å²) in [6, 6.07) is 8.58. The number of unbranched alkanes of at least 4 members (excludes halogenated alkanes) is 1. The van der Waals surface area contributed by atoms with Crippen LogP contribution in [0.1, 0.15) is 52.1 Å². The third-order valence-electron chi connectivity index (χ3n) is 3.10. The zero-order chi connectivity index (χ0) is 14.8. The number of hydrogen-bond acceptors (Lipinski definition) is 3. The van der Waals surface area contributed by atoms with Gasteiger partial charge in [-0.1, -0.05) is 32.4 Å². The van der Waals surface area contributed by atoms with Crippen LogP contribution >= 0.6 is 0 Å². The predicted octanol–water partition coefficient (Wildman–Crippen LogP) is 3.94. The van der Waals surface area contributed by atoms with E-state index in [-0.39, 0.29) is 12.1 Å². The van der Waals surface area contributed by atoms with Crippen molar-refractivity contribution in [2.45, 2.75) is 52.7 Å². The Bertz CT molecular complexity index is 349. The topological polar surface area (TPSA) is 30.5 Å². The molecule has 1 rings (SSSR count). The van der Waals surface area contributed by atoms with Crippen LogP contribution in [-0.2, 0) is 4.74 Å². The standard InChI is InChI=1S/C17H29NO2/c1-5-7-12-19-16-10-8-15(9-11-16)17(18-6-2)13-20-14(3)4/h8-11,14,17-18H,5-7,12-13H2,1-4H3. The van der Waals surface area contributed by atoms with Crippen LogP contribution in [0.4, 0.5) is 0 Å². The lowest BCUT2D eigenvalue weighted by Gasteiger charge is -2.20. The summed E-state index contributed by atoms with van der Waals surface area (Å²) in [5, 5.41) is 3.46. The summed E-state index contributed by atoms with van der Waals surface area (Å²) < 4.78 is 11.4. The fraction of sp³-hybridized carbons (Fsp3) is 0.647. The van der Waals surface area contributed by atoms with Gasteiger partial charge in [-0.05, 0) is 44.5 Å². The Hall–Kier alpha value is -1.06. The molecule has 1 aromatic rings. The molecule has 114 valence electrons. The van der Waals surface area contributed by atoms with Crippen LogP contribution in [0.25, 0.3) is 0 Å². The quantitative estimate of drug-likeness (QED) is 0.658. The van der Waals surface area contributed by atoms with E-state index in [0.717, 1.165) is 31.7 Å². The number of hydrogen-bond donors (Lipinski definition) is 1. The fourth-order valence-corrected chi connectivity index (χ4v) is 1.94. The maximum absolute atomic E-state index is 5.73. The minimum absolute atomic E-state index is 0.243. The highest BCUT2D eigenvalue weighted by Crippen LogP contribution is 2.19. The molecule has 1 aromatic carbocycles. The molecule has 1 unspecified atom stereocenters. The minimum atomic E-state index is 0.243. The van der Waals surface area contributed by atoms with Gasteiger partial charge in [-0.2, -0.15) is 0 Å². The molecule has 3 nitrogen and oxygen atoms in total. The Balaban J connectivity index is 2.57. The van der Waals surface area contributed by atoms with E-state index in [0.29, 0.717) is 6.61 Å². The van der Waals surface area contributed by atoms with Gasteiger partial charge in [0.2, 0.25) is 0 Å². The molecule has 0 radical (unpaired) electrons. The third kappa shape index (κ3) is 6.40. The molecule has 0 fully saturated rings. The fourth-order valence-electron chi connectivity index (χ4n) is 1.94. The molecular formula is C17H29NO2. The van der Waals surface area contributed by atoms with Crippen LogP contribution < -0.4 is 10.1 Å². The van der Waals surface area contributed by atoms with Crippen LogP contribution in [-0.4, -0.2) is 25.9 Å². The van der Waals surface area contributed by atoms with E-state index in [4.69, 9.17) is 9.47 Å². The molecule has 0 heterocycles. The van der Waals surface area contributed by atoms with Gasteiger partial charge in [-0.25, -0.2) is 0 Å². The molecule has 0 aliphatic rings. The molecule has 0 saturated heterocycles. The number of ether oxygens (including phenoxy) is 2. The third-order valence-corrected chi connectivity index (χ3v) is 3.10. The number of rotatable bonds is 10. The molecular weight excluding hydrogens is 250 g/mol. The molecule has 3 heteroatoms. The normalized spacial score (nSPS) is 12.7. The van der Waals surface area contributed by atoms with Crippen LogP contribution in [0, 0.1) is 0 Å². The van der Waals surface area contributed by atoms with E-state index in [1.165, 1.54) is 5.56 Å². The molecule has 1 N–H and O–H groups in total. The lowest BCUT2D eigenvalue weighted by atomic mass is 10.1. The van der Waals surface area contributed by atoms with Gasteiger partial charge in [-0.15, -0.1) is 0 Å². The van der Waals surface area contributed by atoms with Gasteiger partial charge < -0.3 is 14.8 Å². The highest BCUT2D eigenvalue weighted by atomic mass is 16.5. The smallest absolute Gasteiger partial charge is 0.119 e. The van der Waals surface area contributed by atoms with E-state index in [9.17, 15) is 0 Å².